The summed E-state index contributed by atoms with van der Waals surface area (Å²) in [6, 6.07) is 8.26. The molecule has 0 atom stereocenters. The van der Waals surface area contributed by atoms with Gasteiger partial charge in [0.2, 0.25) is 0 Å². The number of hydrogen-bond acceptors (Lipinski definition) is 6. The normalized spacial score (nSPS) is 23.1. The zero-order valence-electron chi connectivity index (χ0n) is 12.5. The molecule has 1 aliphatic rings. The van der Waals surface area contributed by atoms with Crippen molar-refractivity contribution in [2.75, 3.05) is 19.0 Å². The summed E-state index contributed by atoms with van der Waals surface area (Å²) in [6.45, 7) is 3.30. The van der Waals surface area contributed by atoms with Crippen LogP contribution in [0.1, 0.15) is 13.3 Å². The molecule has 1 aromatic carbocycles. The minimum absolute atomic E-state index is 0.0101. The van der Waals surface area contributed by atoms with Gasteiger partial charge in [-0.25, -0.2) is 4.98 Å². The van der Waals surface area contributed by atoms with E-state index in [4.69, 9.17) is 15.2 Å². The molecule has 0 amide bonds. The van der Waals surface area contributed by atoms with E-state index in [1.165, 1.54) is 10.3 Å². The molecule has 0 unspecified atom stereocenters. The molecule has 1 saturated heterocycles. The first-order chi connectivity index (χ1) is 10.7. The topological polar surface area (TPSA) is 57.4 Å². The van der Waals surface area contributed by atoms with E-state index in [0.29, 0.717) is 13.2 Å². The number of hydrogen-bond donors (Lipinski definition) is 1. The fourth-order valence-corrected chi connectivity index (χ4v) is 4.15. The Morgan fingerprint density at radius 2 is 2.18 bits per heavy atom. The van der Waals surface area contributed by atoms with Crippen LogP contribution in [0, 0.1) is 0 Å². The fraction of sp³-hybridized carbons (Fsp3) is 0.438. The zero-order valence-corrected chi connectivity index (χ0v) is 14.2. The molecule has 0 bridgehead atoms. The number of fused-ring (bicyclic) bond motifs is 1. The maximum Gasteiger partial charge on any atom is 0.161 e. The lowest BCUT2D eigenvalue weighted by Gasteiger charge is -2.26. The molecule has 4 nitrogen and oxygen atoms in total. The highest BCUT2D eigenvalue weighted by Gasteiger charge is 2.18. The van der Waals surface area contributed by atoms with E-state index in [0.717, 1.165) is 22.0 Å². The van der Waals surface area contributed by atoms with Crippen molar-refractivity contribution >= 4 is 33.3 Å². The Balaban J connectivity index is 1.49. The summed E-state index contributed by atoms with van der Waals surface area (Å²) in [7, 11) is 0. The first kappa shape index (κ1) is 16.0. The van der Waals surface area contributed by atoms with Gasteiger partial charge in [-0.15, -0.1) is 11.3 Å². The van der Waals surface area contributed by atoms with Gasteiger partial charge in [-0.05, 0) is 19.1 Å². The number of benzene rings is 1. The molecule has 6 heteroatoms. The largest absolute Gasteiger partial charge is 0.351 e. The molecule has 1 fully saturated rings. The Kier molecular flexibility index (Phi) is 5.49. The second-order valence-corrected chi connectivity index (χ2v) is 7.63. The molecular formula is C16H20N2O2S2. The van der Waals surface area contributed by atoms with Gasteiger partial charge in [0.15, 0.2) is 10.6 Å². The molecule has 0 saturated carbocycles. The predicted octanol–water partition coefficient (Wildman–Crippen LogP) is 3.43. The Bertz CT molecular complexity index is 615. The number of nitrogens with two attached hydrogens (primary N) is 1. The molecule has 2 N–H and O–H groups in total. The van der Waals surface area contributed by atoms with Crippen molar-refractivity contribution in [1.29, 1.82) is 0 Å². The van der Waals surface area contributed by atoms with Crippen molar-refractivity contribution < 1.29 is 9.47 Å². The Labute approximate surface area is 138 Å². The van der Waals surface area contributed by atoms with Gasteiger partial charge in [-0.1, -0.05) is 35.5 Å². The van der Waals surface area contributed by atoms with Crippen LogP contribution in [0.4, 0.5) is 0 Å². The van der Waals surface area contributed by atoms with Gasteiger partial charge in [0.1, 0.15) is 0 Å². The maximum absolute atomic E-state index is 5.72. The molecule has 22 heavy (non-hydrogen) atoms. The highest BCUT2D eigenvalue weighted by Crippen LogP contribution is 2.30. The van der Waals surface area contributed by atoms with Gasteiger partial charge in [0.05, 0.1) is 29.5 Å². The van der Waals surface area contributed by atoms with Gasteiger partial charge in [0.25, 0.3) is 0 Å². The Hall–Kier alpha value is -0.920. The minimum Gasteiger partial charge on any atom is -0.351 e. The molecule has 118 valence electrons. The van der Waals surface area contributed by atoms with E-state index < -0.39 is 0 Å². The predicted molar refractivity (Wildman–Crippen MR) is 92.4 cm³/mol. The quantitative estimate of drug-likeness (QED) is 0.670. The number of aromatic nitrogens is 1. The third-order valence-corrected chi connectivity index (χ3v) is 5.72. The van der Waals surface area contributed by atoms with Crippen LogP contribution in [-0.2, 0) is 9.47 Å². The van der Waals surface area contributed by atoms with Crippen LogP contribution in [0.15, 0.2) is 40.3 Å². The summed E-state index contributed by atoms with van der Waals surface area (Å²) >= 11 is 3.53. The van der Waals surface area contributed by atoms with Gasteiger partial charge in [-0.2, -0.15) is 0 Å². The van der Waals surface area contributed by atoms with E-state index in [9.17, 15) is 0 Å². The third-order valence-electron chi connectivity index (χ3n) is 3.35. The average molecular weight is 336 g/mol. The van der Waals surface area contributed by atoms with Crippen molar-refractivity contribution in [1.82, 2.24) is 4.98 Å². The average Bonchev–Trinajstić information content (AvgIpc) is 2.95. The second kappa shape index (κ2) is 7.57. The Morgan fingerprint density at radius 3 is 2.95 bits per heavy atom. The summed E-state index contributed by atoms with van der Waals surface area (Å²) in [5.41, 5.74) is 8.11. The second-order valence-electron chi connectivity index (χ2n) is 5.38. The van der Waals surface area contributed by atoms with Gasteiger partial charge in [0, 0.05) is 12.2 Å². The molecule has 1 aromatic heterocycles. The number of para-hydroxylation sites is 1. The first-order valence-corrected chi connectivity index (χ1v) is 9.14. The summed E-state index contributed by atoms with van der Waals surface area (Å²) in [6.07, 6.45) is 2.81. The van der Waals surface area contributed by atoms with E-state index in [2.05, 4.69) is 36.2 Å². The van der Waals surface area contributed by atoms with E-state index in [1.54, 1.807) is 23.1 Å². The summed E-state index contributed by atoms with van der Waals surface area (Å²) in [5.74, 6) is 0.937. The third kappa shape index (κ3) is 4.30. The highest BCUT2D eigenvalue weighted by molar-refractivity contribution is 8.01. The molecule has 0 radical (unpaired) electrons. The zero-order chi connectivity index (χ0) is 15.4. The van der Waals surface area contributed by atoms with Crippen LogP contribution in [-0.4, -0.2) is 36.3 Å². The standard InChI is InChI=1S/C16H20N2O2S2/c1-11(6-7-15-19-8-12(17)9-20-15)10-21-16-18-13-4-2-3-5-14(13)22-16/h2-6,12,15H,7-10,17H2,1H3/b11-6+/t12-,15+. The number of thiazole rings is 1. The van der Waals surface area contributed by atoms with E-state index >= 15 is 0 Å². The maximum atomic E-state index is 5.72. The monoisotopic (exact) mass is 336 g/mol. The molecule has 0 aliphatic carbocycles. The van der Waals surface area contributed by atoms with Crippen LogP contribution in [0.3, 0.4) is 0 Å². The molecule has 2 heterocycles. The van der Waals surface area contributed by atoms with Crippen molar-refractivity contribution in [3.63, 3.8) is 0 Å². The van der Waals surface area contributed by atoms with Crippen LogP contribution in [0.25, 0.3) is 10.2 Å². The van der Waals surface area contributed by atoms with Crippen molar-refractivity contribution in [2.24, 2.45) is 5.73 Å². The van der Waals surface area contributed by atoms with Crippen molar-refractivity contribution in [3.05, 3.63) is 35.9 Å². The first-order valence-electron chi connectivity index (χ1n) is 7.33. The van der Waals surface area contributed by atoms with Crippen LogP contribution >= 0.6 is 23.1 Å². The van der Waals surface area contributed by atoms with Crippen LogP contribution in [0.5, 0.6) is 0 Å². The van der Waals surface area contributed by atoms with E-state index in [1.807, 2.05) is 6.07 Å². The molecular weight excluding hydrogens is 316 g/mol. The lowest BCUT2D eigenvalue weighted by molar-refractivity contribution is -0.182. The minimum atomic E-state index is -0.151. The molecule has 2 aromatic rings. The van der Waals surface area contributed by atoms with Crippen LogP contribution < -0.4 is 5.73 Å². The van der Waals surface area contributed by atoms with Crippen molar-refractivity contribution in [2.45, 2.75) is 30.0 Å². The number of nitrogens with zero attached hydrogens (tertiary/aromatic N) is 1. The summed E-state index contributed by atoms with van der Waals surface area (Å²) in [4.78, 5) is 4.63. The Morgan fingerprint density at radius 1 is 1.41 bits per heavy atom. The highest BCUT2D eigenvalue weighted by atomic mass is 32.2. The number of thioether (sulfide) groups is 1. The lowest BCUT2D eigenvalue weighted by Crippen LogP contribution is -2.40. The molecule has 1 aliphatic heterocycles. The van der Waals surface area contributed by atoms with Crippen LogP contribution in [0.2, 0.25) is 0 Å². The summed E-state index contributed by atoms with van der Waals surface area (Å²) in [5, 5.41) is 0. The SMILES string of the molecule is C/C(=C\C[C@H]1OC[C@@H](N)CO1)CSc1nc2ccccc2s1. The molecule has 0 spiro atoms. The summed E-state index contributed by atoms with van der Waals surface area (Å²) < 4.78 is 13.4. The van der Waals surface area contributed by atoms with Gasteiger partial charge in [-0.3, -0.25) is 0 Å². The smallest absolute Gasteiger partial charge is 0.161 e. The fourth-order valence-electron chi connectivity index (χ4n) is 2.14. The molecule has 3 rings (SSSR count). The number of ether oxygens (including phenoxy) is 2. The number of rotatable bonds is 5. The van der Waals surface area contributed by atoms with E-state index in [-0.39, 0.29) is 12.3 Å². The van der Waals surface area contributed by atoms with Gasteiger partial charge >= 0.3 is 0 Å². The van der Waals surface area contributed by atoms with Crippen molar-refractivity contribution in [3.8, 4) is 0 Å². The van der Waals surface area contributed by atoms with Gasteiger partial charge < -0.3 is 15.2 Å². The lowest BCUT2D eigenvalue weighted by atomic mass is 10.2.